The molecule has 6 N–H and O–H groups in total. The highest BCUT2D eigenvalue weighted by Gasteiger charge is 2.41. The second-order valence-corrected chi connectivity index (χ2v) is 13.1. The van der Waals surface area contributed by atoms with Crippen molar-refractivity contribution < 1.29 is 19.1 Å². The number of hydrogen-bond donors (Lipinski definition) is 4. The number of hydrogen-bond acceptors (Lipinski definition) is 4. The molecule has 0 saturated carbocycles. The van der Waals surface area contributed by atoms with Crippen LogP contribution in [0.15, 0.2) is 60.7 Å². The molecule has 4 atom stereocenters. The normalized spacial score (nSPS) is 18.0. The van der Waals surface area contributed by atoms with Gasteiger partial charge in [-0.25, -0.2) is 0 Å². The van der Waals surface area contributed by atoms with E-state index in [4.69, 9.17) is 11.0 Å². The van der Waals surface area contributed by atoms with E-state index in [-0.39, 0.29) is 5.78 Å². The molecule has 2 rings (SSSR count). The molecule has 0 spiro atoms. The molecule has 0 heterocycles. The molecule has 0 aliphatic heterocycles. The molecule has 0 amide bonds. The van der Waals surface area contributed by atoms with Crippen molar-refractivity contribution in [1.29, 1.82) is 0 Å². The Balaban J connectivity index is 1.78. The number of ketones is 1. The van der Waals surface area contributed by atoms with Crippen molar-refractivity contribution in [3.8, 4) is 0 Å². The minimum atomic E-state index is -3.86. The van der Waals surface area contributed by atoms with Gasteiger partial charge in [-0.2, -0.15) is 0 Å². The van der Waals surface area contributed by atoms with Crippen LogP contribution in [0.4, 0.5) is 0 Å². The summed E-state index contributed by atoms with van der Waals surface area (Å²) in [6.45, 7) is 3.71. The molecular weight excluding hydrogens is 454 g/mol. The van der Waals surface area contributed by atoms with Crippen LogP contribution >= 0.6 is 15.8 Å². The van der Waals surface area contributed by atoms with E-state index in [2.05, 4.69) is 0 Å². The Bertz CT molecular complexity index is 921. The zero-order chi connectivity index (χ0) is 24.5. The zero-order valence-corrected chi connectivity index (χ0v) is 21.5. The van der Waals surface area contributed by atoms with Crippen LogP contribution in [-0.2, 0) is 19.7 Å². The van der Waals surface area contributed by atoms with Crippen LogP contribution in [-0.4, -0.2) is 15.6 Å². The van der Waals surface area contributed by atoms with E-state index in [1.165, 1.54) is 0 Å². The van der Waals surface area contributed by atoms with Gasteiger partial charge in [-0.1, -0.05) is 73.5 Å². The van der Waals surface area contributed by atoms with Gasteiger partial charge in [0.05, 0.1) is 10.3 Å². The average Bonchev–Trinajstić information content (AvgIpc) is 2.79. The summed E-state index contributed by atoms with van der Waals surface area (Å²) in [6, 6.07) is 19.0. The van der Waals surface area contributed by atoms with Crippen molar-refractivity contribution in [2.75, 3.05) is 0 Å². The number of carbonyl (C=O) groups excluding carboxylic acids is 1. The van der Waals surface area contributed by atoms with Crippen LogP contribution in [0.25, 0.3) is 0 Å². The van der Waals surface area contributed by atoms with Gasteiger partial charge in [-0.05, 0) is 50.7 Å². The third-order valence-corrected chi connectivity index (χ3v) is 10.1. The highest BCUT2D eigenvalue weighted by Crippen LogP contribution is 2.56. The van der Waals surface area contributed by atoms with E-state index in [1.54, 1.807) is 6.92 Å². The topological polar surface area (TPSA) is 127 Å². The number of carbonyl (C=O) groups is 1. The zero-order valence-electron chi connectivity index (χ0n) is 19.7. The molecule has 33 heavy (non-hydrogen) atoms. The lowest BCUT2D eigenvalue weighted by Crippen LogP contribution is -2.26. The van der Waals surface area contributed by atoms with Crippen LogP contribution in [0.3, 0.4) is 0 Å². The smallest absolute Gasteiger partial charge is 0.274 e. The third-order valence-electron chi connectivity index (χ3n) is 6.74. The highest BCUT2D eigenvalue weighted by atomic mass is 31.2. The summed E-state index contributed by atoms with van der Waals surface area (Å²) in [5.41, 5.74) is 13.4. The molecule has 0 aliphatic carbocycles. The summed E-state index contributed by atoms with van der Waals surface area (Å²) in [6.07, 6.45) is 4.97. The van der Waals surface area contributed by atoms with E-state index < -0.39 is 26.1 Å². The monoisotopic (exact) mass is 492 g/mol. The largest absolute Gasteiger partial charge is 0.359 e. The van der Waals surface area contributed by atoms with Gasteiger partial charge in [0, 0.05) is 12.8 Å². The molecular formula is C25H38N2O4P2. The van der Waals surface area contributed by atoms with Gasteiger partial charge in [-0.3, -0.25) is 20.4 Å². The van der Waals surface area contributed by atoms with Crippen molar-refractivity contribution in [3.63, 3.8) is 0 Å². The van der Waals surface area contributed by atoms with Crippen LogP contribution < -0.4 is 11.0 Å². The molecule has 4 unspecified atom stereocenters. The Labute approximate surface area is 199 Å². The molecule has 0 saturated heterocycles. The summed E-state index contributed by atoms with van der Waals surface area (Å²) in [4.78, 5) is 32.7. The van der Waals surface area contributed by atoms with Gasteiger partial charge in [0.1, 0.15) is 14.1 Å². The van der Waals surface area contributed by atoms with Gasteiger partial charge in [-0.15, -0.1) is 0 Å². The lowest BCUT2D eigenvalue weighted by molar-refractivity contribution is -0.119. The summed E-state index contributed by atoms with van der Waals surface area (Å²) in [5.74, 6) is 0.191. The van der Waals surface area contributed by atoms with E-state index in [9.17, 15) is 19.1 Å². The van der Waals surface area contributed by atoms with Crippen LogP contribution in [0.2, 0.25) is 0 Å². The number of benzene rings is 2. The summed E-state index contributed by atoms with van der Waals surface area (Å²) in [7, 11) is -5.50. The van der Waals surface area contributed by atoms with Gasteiger partial charge in [0.2, 0.25) is 0 Å². The van der Waals surface area contributed by atoms with Crippen molar-refractivity contribution in [2.45, 2.75) is 75.5 Å². The fourth-order valence-electron chi connectivity index (χ4n) is 4.18. The van der Waals surface area contributed by atoms with Crippen LogP contribution in [0, 0.1) is 0 Å². The van der Waals surface area contributed by atoms with E-state index >= 15 is 0 Å². The van der Waals surface area contributed by atoms with Gasteiger partial charge >= 0.3 is 0 Å². The predicted molar refractivity (Wildman–Crippen MR) is 137 cm³/mol. The minimum absolute atomic E-state index is 0.191. The van der Waals surface area contributed by atoms with Gasteiger partial charge in [0.25, 0.3) is 7.52 Å². The van der Waals surface area contributed by atoms with E-state index in [1.807, 2.05) is 67.6 Å². The molecule has 0 bridgehead atoms. The van der Waals surface area contributed by atoms with E-state index in [0.29, 0.717) is 32.1 Å². The van der Waals surface area contributed by atoms with Gasteiger partial charge < -0.3 is 9.79 Å². The summed E-state index contributed by atoms with van der Waals surface area (Å²) < 4.78 is 12.4. The first-order valence-corrected chi connectivity index (χ1v) is 14.6. The molecule has 182 valence electrons. The third kappa shape index (κ3) is 7.55. The number of Topliss-reactive ketones (excluding diaryl/α,β-unsaturated/α-hetero) is 1. The van der Waals surface area contributed by atoms with Gasteiger partial charge in [0.15, 0.2) is 0 Å². The molecule has 0 aliphatic rings. The minimum Gasteiger partial charge on any atom is -0.359 e. The highest BCUT2D eigenvalue weighted by molar-refractivity contribution is 7.56. The Morgan fingerprint density at radius 3 is 1.79 bits per heavy atom. The molecule has 2 aromatic carbocycles. The fourth-order valence-corrected chi connectivity index (χ4v) is 5.98. The molecule has 0 aromatic heterocycles. The Morgan fingerprint density at radius 2 is 1.33 bits per heavy atom. The van der Waals surface area contributed by atoms with E-state index in [0.717, 1.165) is 30.4 Å². The lowest BCUT2D eigenvalue weighted by atomic mass is 9.92. The second kappa shape index (κ2) is 12.4. The molecule has 0 fully saturated rings. The SMILES string of the molecule is CC(CCCCC(=O)CCCCC(C)(c1ccccc1)P(N)(=O)O)(c1ccccc1)P(N)O. The summed E-state index contributed by atoms with van der Waals surface area (Å²) >= 11 is 0. The van der Waals surface area contributed by atoms with Crippen molar-refractivity contribution in [2.24, 2.45) is 11.0 Å². The number of rotatable bonds is 14. The summed E-state index contributed by atoms with van der Waals surface area (Å²) in [5, 5.41) is -1.51. The quantitative estimate of drug-likeness (QED) is 0.192. The first-order chi connectivity index (χ1) is 15.5. The second-order valence-electron chi connectivity index (χ2n) is 9.20. The first kappa shape index (κ1) is 27.9. The van der Waals surface area contributed by atoms with Crippen LogP contribution in [0.1, 0.15) is 76.3 Å². The molecule has 2 aromatic rings. The number of nitrogens with two attached hydrogens (primary N) is 2. The Morgan fingerprint density at radius 1 is 0.879 bits per heavy atom. The molecule has 0 radical (unpaired) electrons. The lowest BCUT2D eigenvalue weighted by Gasteiger charge is -2.32. The predicted octanol–water partition coefficient (Wildman–Crippen LogP) is 5.91. The average molecular weight is 493 g/mol. The Kier molecular flexibility index (Phi) is 10.4. The maximum Gasteiger partial charge on any atom is 0.274 e. The van der Waals surface area contributed by atoms with Crippen LogP contribution in [0.5, 0.6) is 0 Å². The fraction of sp³-hybridized carbons (Fsp3) is 0.480. The maximum atomic E-state index is 12.4. The standard InChI is InChI=1S/C25H38N2O4P2/c1-24(32(26)29,21-13-5-3-6-14-21)19-11-9-17-23(28)18-10-12-20-25(2,33(27,30)31)22-15-7-4-8-16-22/h3-8,13-16,29H,9-12,17-20,26H2,1-2H3,(H3,27,30,31). The van der Waals surface area contributed by atoms with Crippen molar-refractivity contribution in [1.82, 2.24) is 0 Å². The maximum absolute atomic E-state index is 12.4. The Hall–Kier alpha value is -1.39. The van der Waals surface area contributed by atoms with Crippen molar-refractivity contribution in [3.05, 3.63) is 71.8 Å². The molecule has 8 heteroatoms. The first-order valence-electron chi connectivity index (χ1n) is 11.5. The number of unbranched alkanes of at least 4 members (excludes halogenated alkanes) is 2. The molecule has 6 nitrogen and oxygen atoms in total. The van der Waals surface area contributed by atoms with Crippen molar-refractivity contribution >= 4 is 21.6 Å².